The lowest BCUT2D eigenvalue weighted by Gasteiger charge is -2.40. The number of rotatable bonds is 7. The number of benzene rings is 2. The molecular weight excluding hydrogens is 396 g/mol. The van der Waals surface area contributed by atoms with Gasteiger partial charge in [0.1, 0.15) is 0 Å². The molecule has 0 radical (unpaired) electrons. The molecule has 0 heterocycles. The van der Waals surface area contributed by atoms with Crippen LogP contribution < -0.4 is 0 Å². The van der Waals surface area contributed by atoms with Gasteiger partial charge >= 0.3 is 0 Å². The molecule has 0 aromatic heterocycles. The summed E-state index contributed by atoms with van der Waals surface area (Å²) in [7, 11) is 0. The number of hydrogen-bond acceptors (Lipinski definition) is 0. The van der Waals surface area contributed by atoms with Gasteiger partial charge in [-0.1, -0.05) is 149 Å². The second-order valence-corrected chi connectivity index (χ2v) is 8.03. The van der Waals surface area contributed by atoms with Crippen LogP contribution in [0, 0.1) is 26.7 Å². The molecule has 192 valence electrons. The van der Waals surface area contributed by atoms with Gasteiger partial charge in [-0.3, -0.25) is 0 Å². The molecule has 0 heteroatoms. The summed E-state index contributed by atoms with van der Waals surface area (Å²) in [5.41, 5.74) is 8.63. The Kier molecular flexibility index (Phi) is 22.9. The highest BCUT2D eigenvalue weighted by atomic mass is 14.4. The predicted molar refractivity (Wildman–Crippen MR) is 157 cm³/mol. The van der Waals surface area contributed by atoms with E-state index in [1.165, 1.54) is 52.6 Å². The first-order chi connectivity index (χ1) is 15.8. The molecule has 2 aromatic carbocycles. The van der Waals surface area contributed by atoms with Crippen molar-refractivity contribution < 1.29 is 0 Å². The molecule has 0 amide bonds. The lowest BCUT2D eigenvalue weighted by atomic mass is 9.64. The molecule has 0 aliphatic carbocycles. The molecule has 2 atom stereocenters. The van der Waals surface area contributed by atoms with Gasteiger partial charge < -0.3 is 0 Å². The third-order valence-electron chi connectivity index (χ3n) is 5.91. The topological polar surface area (TPSA) is 0 Å². The van der Waals surface area contributed by atoms with Crippen molar-refractivity contribution in [3.05, 3.63) is 69.8 Å². The van der Waals surface area contributed by atoms with Crippen molar-refractivity contribution in [1.82, 2.24) is 0 Å². The Morgan fingerprint density at radius 2 is 1.00 bits per heavy atom. The van der Waals surface area contributed by atoms with E-state index in [2.05, 4.69) is 84.9 Å². The van der Waals surface area contributed by atoms with Crippen LogP contribution in [0.2, 0.25) is 0 Å². The molecule has 0 aliphatic rings. The van der Waals surface area contributed by atoms with Gasteiger partial charge in [-0.2, -0.15) is 0 Å². The second kappa shape index (κ2) is 21.0. The van der Waals surface area contributed by atoms with E-state index in [1.807, 2.05) is 55.4 Å². The first-order valence-corrected chi connectivity index (χ1v) is 14.0. The van der Waals surface area contributed by atoms with Crippen molar-refractivity contribution in [2.75, 3.05) is 0 Å². The predicted octanol–water partition coefficient (Wildman–Crippen LogP) is 11.4. The molecule has 0 nitrogen and oxygen atoms in total. The Balaban J connectivity index is -0.00000101. The SMILES string of the molecule is CC.CC.CC.CC.CCCC(CC)C(C)(c1cc(C)cc(C)c1)c1cc(C)cc(CC)c1. The summed E-state index contributed by atoms with van der Waals surface area (Å²) in [4.78, 5) is 0. The maximum absolute atomic E-state index is 2.49. The highest BCUT2D eigenvalue weighted by Gasteiger charge is 2.36. The van der Waals surface area contributed by atoms with Crippen LogP contribution in [0.4, 0.5) is 0 Å². The Morgan fingerprint density at radius 3 is 1.36 bits per heavy atom. The zero-order valence-corrected chi connectivity index (χ0v) is 25.4. The van der Waals surface area contributed by atoms with Crippen LogP contribution in [0.15, 0.2) is 36.4 Å². The molecular formula is C33H60. The standard InChI is InChI=1S/C25H36.4C2H6/c1-8-11-22(10-3)25(7,23-14-18(4)12-19(5)15-23)24-16-20(6)13-21(9-2)17-24;4*1-2/h12-17,22H,8-11H2,1-7H3;4*1-2H3. The quantitative estimate of drug-likeness (QED) is 0.388. The highest BCUT2D eigenvalue weighted by molar-refractivity contribution is 5.45. The summed E-state index contributed by atoms with van der Waals surface area (Å²) in [6, 6.07) is 14.3. The van der Waals surface area contributed by atoms with E-state index in [1.54, 1.807) is 0 Å². The van der Waals surface area contributed by atoms with Crippen molar-refractivity contribution >= 4 is 0 Å². The van der Waals surface area contributed by atoms with Crippen LogP contribution in [0.25, 0.3) is 0 Å². The van der Waals surface area contributed by atoms with Crippen molar-refractivity contribution in [2.45, 2.75) is 135 Å². The van der Waals surface area contributed by atoms with Gasteiger partial charge in [0.25, 0.3) is 0 Å². The van der Waals surface area contributed by atoms with Crippen molar-refractivity contribution in [1.29, 1.82) is 0 Å². The minimum Gasteiger partial charge on any atom is -0.0683 e. The highest BCUT2D eigenvalue weighted by Crippen LogP contribution is 2.44. The Labute approximate surface area is 210 Å². The van der Waals surface area contributed by atoms with E-state index < -0.39 is 0 Å². The van der Waals surface area contributed by atoms with Crippen molar-refractivity contribution in [3.63, 3.8) is 0 Å². The molecule has 2 rings (SSSR count). The molecule has 33 heavy (non-hydrogen) atoms. The van der Waals surface area contributed by atoms with Gasteiger partial charge in [0.15, 0.2) is 0 Å². The molecule has 0 saturated heterocycles. The number of hydrogen-bond donors (Lipinski definition) is 0. The van der Waals surface area contributed by atoms with Crippen LogP contribution in [0.1, 0.15) is 136 Å². The molecule has 0 N–H and O–H groups in total. The van der Waals surface area contributed by atoms with E-state index in [0.717, 1.165) is 6.42 Å². The first-order valence-electron chi connectivity index (χ1n) is 14.0. The molecule has 0 spiro atoms. The normalized spacial score (nSPS) is 12.1. The average Bonchev–Trinajstić information content (AvgIpc) is 2.86. The third-order valence-corrected chi connectivity index (χ3v) is 5.91. The van der Waals surface area contributed by atoms with Gasteiger partial charge in [-0.25, -0.2) is 0 Å². The minimum absolute atomic E-state index is 0.0669. The zero-order chi connectivity index (χ0) is 26.6. The monoisotopic (exact) mass is 456 g/mol. The lowest BCUT2D eigenvalue weighted by molar-refractivity contribution is 0.310. The summed E-state index contributed by atoms with van der Waals surface area (Å²) in [5.74, 6) is 0.658. The van der Waals surface area contributed by atoms with Gasteiger partial charge in [-0.15, -0.1) is 0 Å². The Hall–Kier alpha value is -1.56. The smallest absolute Gasteiger partial charge is 0.0203 e. The summed E-state index contributed by atoms with van der Waals surface area (Å²) in [5, 5.41) is 0. The second-order valence-electron chi connectivity index (χ2n) is 8.03. The van der Waals surface area contributed by atoms with Gasteiger partial charge in [-0.05, 0) is 56.2 Å². The average molecular weight is 457 g/mol. The molecule has 0 fully saturated rings. The maximum atomic E-state index is 2.49. The Morgan fingerprint density at radius 1 is 0.606 bits per heavy atom. The zero-order valence-electron chi connectivity index (χ0n) is 25.4. The third kappa shape index (κ3) is 10.9. The van der Waals surface area contributed by atoms with E-state index >= 15 is 0 Å². The lowest BCUT2D eigenvalue weighted by Crippen LogP contribution is -2.33. The van der Waals surface area contributed by atoms with Gasteiger partial charge in [0, 0.05) is 5.41 Å². The first kappa shape index (κ1) is 36.0. The summed E-state index contributed by atoms with van der Waals surface area (Å²) >= 11 is 0. The fourth-order valence-corrected chi connectivity index (χ4v) is 4.53. The van der Waals surface area contributed by atoms with Gasteiger partial charge in [0.05, 0.1) is 0 Å². The van der Waals surface area contributed by atoms with Gasteiger partial charge in [0.2, 0.25) is 0 Å². The molecule has 2 unspecified atom stereocenters. The molecule has 0 bridgehead atoms. The van der Waals surface area contributed by atoms with Crippen molar-refractivity contribution in [2.24, 2.45) is 5.92 Å². The van der Waals surface area contributed by atoms with Crippen LogP contribution in [-0.4, -0.2) is 0 Å². The van der Waals surface area contributed by atoms with E-state index in [9.17, 15) is 0 Å². The largest absolute Gasteiger partial charge is 0.0683 e. The van der Waals surface area contributed by atoms with E-state index in [-0.39, 0.29) is 5.41 Å². The minimum atomic E-state index is 0.0669. The summed E-state index contributed by atoms with van der Waals surface area (Å²) in [6.45, 7) is 32.1. The molecule has 0 aliphatic heterocycles. The van der Waals surface area contributed by atoms with Crippen LogP contribution in [0.5, 0.6) is 0 Å². The van der Waals surface area contributed by atoms with E-state index in [0.29, 0.717) is 5.92 Å². The van der Waals surface area contributed by atoms with Crippen LogP contribution in [0.3, 0.4) is 0 Å². The fourth-order valence-electron chi connectivity index (χ4n) is 4.53. The van der Waals surface area contributed by atoms with Crippen LogP contribution in [-0.2, 0) is 11.8 Å². The van der Waals surface area contributed by atoms with E-state index in [4.69, 9.17) is 0 Å². The maximum Gasteiger partial charge on any atom is 0.0203 e. The summed E-state index contributed by atoms with van der Waals surface area (Å²) in [6.07, 6.45) is 4.83. The van der Waals surface area contributed by atoms with Crippen molar-refractivity contribution in [3.8, 4) is 0 Å². The molecule has 0 saturated carbocycles. The molecule has 2 aromatic rings. The summed E-state index contributed by atoms with van der Waals surface area (Å²) < 4.78 is 0. The fraction of sp³-hybridized carbons (Fsp3) is 0.636. The number of aryl methyl sites for hydroxylation is 4. The van der Waals surface area contributed by atoms with Crippen LogP contribution >= 0.6 is 0 Å². The Bertz CT molecular complexity index is 690.